The van der Waals surface area contributed by atoms with Crippen molar-refractivity contribution in [3.8, 4) is 0 Å². The standard InChI is InChI=1S/C22H24N2O3S/c1-13-7-8-15(11-14(13)2)17(25)12-24-19(9-10-27-3)23-21-20(22(24)26)16-5-4-6-18(16)28-21/h7-8,11H,4-6,9-10,12H2,1-3H3. The normalized spacial score (nSPS) is 13.2. The first-order valence-electron chi connectivity index (χ1n) is 9.63. The van der Waals surface area contributed by atoms with Crippen molar-refractivity contribution < 1.29 is 9.53 Å². The van der Waals surface area contributed by atoms with E-state index in [9.17, 15) is 9.59 Å². The number of carbonyl (C=O) groups is 1. The molecule has 0 bridgehead atoms. The van der Waals surface area contributed by atoms with Crippen LogP contribution in [0.2, 0.25) is 0 Å². The summed E-state index contributed by atoms with van der Waals surface area (Å²) >= 11 is 1.63. The van der Waals surface area contributed by atoms with Crippen LogP contribution >= 0.6 is 11.3 Å². The third-order valence-corrected chi connectivity index (χ3v) is 6.75. The lowest BCUT2D eigenvalue weighted by Gasteiger charge is -2.13. The molecule has 1 aromatic carbocycles. The van der Waals surface area contributed by atoms with Crippen LogP contribution in [0, 0.1) is 13.8 Å². The van der Waals surface area contributed by atoms with Crippen LogP contribution in [0.5, 0.6) is 0 Å². The van der Waals surface area contributed by atoms with E-state index in [1.54, 1.807) is 23.0 Å². The second kappa shape index (κ2) is 7.60. The molecular formula is C22H24N2O3S. The maximum Gasteiger partial charge on any atom is 0.262 e. The fourth-order valence-electron chi connectivity index (χ4n) is 3.82. The zero-order chi connectivity index (χ0) is 19.8. The molecule has 0 amide bonds. The molecule has 0 atom stereocenters. The van der Waals surface area contributed by atoms with Crippen LogP contribution in [0.3, 0.4) is 0 Å². The molecule has 0 aliphatic heterocycles. The minimum atomic E-state index is -0.0901. The van der Waals surface area contributed by atoms with Crippen molar-refractivity contribution in [2.75, 3.05) is 13.7 Å². The van der Waals surface area contributed by atoms with Crippen molar-refractivity contribution in [1.29, 1.82) is 0 Å². The van der Waals surface area contributed by atoms with Crippen LogP contribution in [0.15, 0.2) is 23.0 Å². The Kier molecular flexibility index (Phi) is 5.17. The summed E-state index contributed by atoms with van der Waals surface area (Å²) in [5, 5.41) is 0.714. The molecule has 0 saturated heterocycles. The fourth-order valence-corrected chi connectivity index (χ4v) is 5.09. The summed E-state index contributed by atoms with van der Waals surface area (Å²) < 4.78 is 6.76. The highest BCUT2D eigenvalue weighted by Gasteiger charge is 2.24. The highest BCUT2D eigenvalue weighted by Crippen LogP contribution is 2.34. The van der Waals surface area contributed by atoms with Crippen LogP contribution in [-0.4, -0.2) is 29.1 Å². The second-order valence-corrected chi connectivity index (χ2v) is 8.51. The third-order valence-electron chi connectivity index (χ3n) is 5.56. The zero-order valence-electron chi connectivity index (χ0n) is 16.5. The van der Waals surface area contributed by atoms with Gasteiger partial charge in [-0.3, -0.25) is 14.2 Å². The van der Waals surface area contributed by atoms with Gasteiger partial charge in [0.1, 0.15) is 10.7 Å². The minimum Gasteiger partial charge on any atom is -0.384 e. The van der Waals surface area contributed by atoms with Gasteiger partial charge in [-0.15, -0.1) is 11.3 Å². The van der Waals surface area contributed by atoms with Crippen LogP contribution < -0.4 is 5.56 Å². The van der Waals surface area contributed by atoms with Crippen LogP contribution in [0.1, 0.15) is 44.2 Å². The number of carbonyl (C=O) groups excluding carboxylic acids is 1. The molecular weight excluding hydrogens is 372 g/mol. The number of rotatable bonds is 6. The maximum absolute atomic E-state index is 13.4. The van der Waals surface area contributed by atoms with Gasteiger partial charge in [0.15, 0.2) is 5.78 Å². The van der Waals surface area contributed by atoms with E-state index >= 15 is 0 Å². The summed E-state index contributed by atoms with van der Waals surface area (Å²) in [5.74, 6) is 0.549. The second-order valence-electron chi connectivity index (χ2n) is 7.42. The average molecular weight is 397 g/mol. The number of methoxy groups -OCH3 is 1. The number of benzene rings is 1. The Balaban J connectivity index is 1.79. The van der Waals surface area contributed by atoms with E-state index in [-0.39, 0.29) is 17.9 Å². The number of Topliss-reactive ketones (excluding diaryl/α,β-unsaturated/α-hetero) is 1. The van der Waals surface area contributed by atoms with Crippen molar-refractivity contribution in [3.63, 3.8) is 0 Å². The van der Waals surface area contributed by atoms with E-state index in [2.05, 4.69) is 0 Å². The first-order chi connectivity index (χ1) is 13.5. The lowest BCUT2D eigenvalue weighted by atomic mass is 10.0. The number of ether oxygens (including phenoxy) is 1. The molecule has 0 N–H and O–H groups in total. The van der Waals surface area contributed by atoms with E-state index in [1.807, 2.05) is 32.0 Å². The Bertz CT molecular complexity index is 1130. The number of nitrogens with zero attached hydrogens (tertiary/aromatic N) is 2. The van der Waals surface area contributed by atoms with Crippen molar-refractivity contribution in [2.24, 2.45) is 0 Å². The third kappa shape index (κ3) is 3.31. The molecule has 0 saturated carbocycles. The molecule has 5 nitrogen and oxygen atoms in total. The molecule has 6 heteroatoms. The zero-order valence-corrected chi connectivity index (χ0v) is 17.3. The molecule has 0 unspecified atom stereocenters. The van der Waals surface area contributed by atoms with Gasteiger partial charge in [0.05, 0.1) is 18.5 Å². The smallest absolute Gasteiger partial charge is 0.262 e. The van der Waals surface area contributed by atoms with E-state index < -0.39 is 0 Å². The lowest BCUT2D eigenvalue weighted by molar-refractivity contribution is 0.0968. The number of aromatic nitrogens is 2. The Morgan fingerprint density at radius 1 is 1.25 bits per heavy atom. The lowest BCUT2D eigenvalue weighted by Crippen LogP contribution is -2.29. The monoisotopic (exact) mass is 396 g/mol. The van der Waals surface area contributed by atoms with Gasteiger partial charge >= 0.3 is 0 Å². The summed E-state index contributed by atoms with van der Waals surface area (Å²) in [7, 11) is 1.63. The molecule has 4 rings (SSSR count). The number of hydrogen-bond acceptors (Lipinski definition) is 5. The minimum absolute atomic E-state index is 0.00788. The predicted molar refractivity (Wildman–Crippen MR) is 112 cm³/mol. The first-order valence-corrected chi connectivity index (χ1v) is 10.4. The predicted octanol–water partition coefficient (Wildman–Crippen LogP) is 3.64. The molecule has 0 fully saturated rings. The summed E-state index contributed by atoms with van der Waals surface area (Å²) in [5.41, 5.74) is 3.90. The van der Waals surface area contributed by atoms with Crippen molar-refractivity contribution in [2.45, 2.75) is 46.1 Å². The average Bonchev–Trinajstić information content (AvgIpc) is 3.25. The van der Waals surface area contributed by atoms with Gasteiger partial charge < -0.3 is 4.74 Å². The Labute approximate surface area is 168 Å². The van der Waals surface area contributed by atoms with Crippen LogP contribution in [0.4, 0.5) is 0 Å². The van der Waals surface area contributed by atoms with E-state index in [4.69, 9.17) is 9.72 Å². The van der Waals surface area contributed by atoms with Gasteiger partial charge in [-0.2, -0.15) is 0 Å². The number of aryl methyl sites for hydroxylation is 4. The highest BCUT2D eigenvalue weighted by molar-refractivity contribution is 7.18. The molecule has 0 spiro atoms. The Morgan fingerprint density at radius 2 is 2.07 bits per heavy atom. The van der Waals surface area contributed by atoms with E-state index in [0.29, 0.717) is 29.8 Å². The fraction of sp³-hybridized carbons (Fsp3) is 0.409. The molecule has 2 heterocycles. The van der Waals surface area contributed by atoms with Gasteiger partial charge in [0, 0.05) is 24.0 Å². The molecule has 2 aromatic heterocycles. The Morgan fingerprint density at radius 3 is 2.82 bits per heavy atom. The largest absolute Gasteiger partial charge is 0.384 e. The first kappa shape index (κ1) is 19.0. The highest BCUT2D eigenvalue weighted by atomic mass is 32.1. The molecule has 146 valence electrons. The quantitative estimate of drug-likeness (QED) is 0.597. The summed E-state index contributed by atoms with van der Waals surface area (Å²) in [6.45, 7) is 4.48. The molecule has 1 aliphatic carbocycles. The molecule has 1 aliphatic rings. The van der Waals surface area contributed by atoms with Gasteiger partial charge in [0.25, 0.3) is 5.56 Å². The summed E-state index contributed by atoms with van der Waals surface area (Å²) in [6, 6.07) is 5.68. The number of thiophene rings is 1. The van der Waals surface area contributed by atoms with Gasteiger partial charge in [-0.1, -0.05) is 12.1 Å². The van der Waals surface area contributed by atoms with Gasteiger partial charge in [-0.05, 0) is 55.9 Å². The van der Waals surface area contributed by atoms with Gasteiger partial charge in [-0.25, -0.2) is 4.98 Å². The maximum atomic E-state index is 13.4. The summed E-state index contributed by atoms with van der Waals surface area (Å²) in [6.07, 6.45) is 3.54. The molecule has 3 aromatic rings. The topological polar surface area (TPSA) is 61.2 Å². The van der Waals surface area contributed by atoms with Crippen LogP contribution in [-0.2, 0) is 30.5 Å². The number of fused-ring (bicyclic) bond motifs is 3. The summed E-state index contributed by atoms with van der Waals surface area (Å²) in [4.78, 5) is 33.1. The van der Waals surface area contributed by atoms with E-state index in [0.717, 1.165) is 40.8 Å². The number of ketones is 1. The van der Waals surface area contributed by atoms with Crippen molar-refractivity contribution >= 4 is 27.3 Å². The molecule has 0 radical (unpaired) electrons. The molecule has 28 heavy (non-hydrogen) atoms. The SMILES string of the molecule is COCCc1nc2sc3c(c2c(=O)n1CC(=O)c1ccc(C)c(C)c1)CCC3. The van der Waals surface area contributed by atoms with Crippen LogP contribution in [0.25, 0.3) is 10.2 Å². The van der Waals surface area contributed by atoms with Crippen molar-refractivity contribution in [3.05, 3.63) is 61.5 Å². The van der Waals surface area contributed by atoms with Gasteiger partial charge in [0.2, 0.25) is 0 Å². The number of hydrogen-bond donors (Lipinski definition) is 0. The van der Waals surface area contributed by atoms with Crippen molar-refractivity contribution in [1.82, 2.24) is 9.55 Å². The Hall–Kier alpha value is -2.31. The van der Waals surface area contributed by atoms with E-state index in [1.165, 1.54) is 4.88 Å².